The number of nitrogens with zero attached hydrogens (tertiary/aromatic N) is 1. The van der Waals surface area contributed by atoms with Gasteiger partial charge in [0.1, 0.15) is 10.7 Å². The Morgan fingerprint density at radius 3 is 2.40 bits per heavy atom. The lowest BCUT2D eigenvalue weighted by Gasteiger charge is -2.08. The average molecular weight is 319 g/mol. The molecule has 2 rings (SSSR count). The van der Waals surface area contributed by atoms with E-state index in [1.807, 2.05) is 4.72 Å². The molecular formula is C10H10FN3O4S2. The van der Waals surface area contributed by atoms with Gasteiger partial charge in [0.2, 0.25) is 0 Å². The summed E-state index contributed by atoms with van der Waals surface area (Å²) in [4.78, 5) is 5.47. The number of halogens is 1. The van der Waals surface area contributed by atoms with Crippen LogP contribution in [0.15, 0.2) is 40.4 Å². The van der Waals surface area contributed by atoms with E-state index < -0.39 is 25.1 Å². The fourth-order valence-electron chi connectivity index (χ4n) is 1.50. The van der Waals surface area contributed by atoms with Gasteiger partial charge in [0.25, 0.3) is 10.0 Å². The second-order valence-electron chi connectivity index (χ2n) is 3.87. The molecule has 0 saturated heterocycles. The average Bonchev–Trinajstić information content (AvgIpc) is 2.75. The second-order valence-corrected chi connectivity index (χ2v) is 6.84. The third-order valence-corrected chi connectivity index (χ3v) is 4.52. The highest BCUT2D eigenvalue weighted by Gasteiger charge is 2.22. The molecule has 1 heterocycles. The van der Waals surface area contributed by atoms with Crippen LogP contribution in [0.3, 0.4) is 0 Å². The number of aromatic nitrogens is 2. The number of benzene rings is 1. The van der Waals surface area contributed by atoms with Gasteiger partial charge in [-0.05, 0) is 19.1 Å². The number of para-hydroxylation sites is 1. The Balaban J connectivity index is 2.46. The van der Waals surface area contributed by atoms with Crippen molar-refractivity contribution in [2.45, 2.75) is 16.8 Å². The van der Waals surface area contributed by atoms with E-state index in [9.17, 15) is 20.7 Å². The lowest BCUT2D eigenvalue weighted by molar-refractivity contribution is 0.552. The Hall–Kier alpha value is -1.94. The highest BCUT2D eigenvalue weighted by molar-refractivity contribution is 7.92. The molecule has 10 heteroatoms. The summed E-state index contributed by atoms with van der Waals surface area (Å²) >= 11 is 0. The molecule has 0 saturated carbocycles. The predicted octanol–water partition coefficient (Wildman–Crippen LogP) is 1.18. The fourth-order valence-corrected chi connectivity index (χ4v) is 3.24. The van der Waals surface area contributed by atoms with Crippen molar-refractivity contribution in [3.8, 4) is 0 Å². The van der Waals surface area contributed by atoms with Gasteiger partial charge in [0.15, 0.2) is 5.03 Å². The van der Waals surface area contributed by atoms with Crippen molar-refractivity contribution in [3.05, 3.63) is 36.3 Å². The van der Waals surface area contributed by atoms with Gasteiger partial charge in [-0.1, -0.05) is 12.1 Å². The first-order chi connectivity index (χ1) is 9.20. The molecule has 0 unspecified atom stereocenters. The number of H-pyrrole nitrogens is 1. The van der Waals surface area contributed by atoms with E-state index in [2.05, 4.69) is 9.97 Å². The maximum atomic E-state index is 13.1. The fraction of sp³-hybridized carbons (Fsp3) is 0.100. The number of aromatic amines is 1. The van der Waals surface area contributed by atoms with Crippen LogP contribution in [0.4, 0.5) is 9.57 Å². The molecule has 1 aromatic carbocycles. The van der Waals surface area contributed by atoms with Crippen LogP contribution in [0.1, 0.15) is 5.82 Å². The Morgan fingerprint density at radius 1 is 1.20 bits per heavy atom. The molecule has 0 amide bonds. The molecule has 2 aromatic rings. The van der Waals surface area contributed by atoms with Crippen molar-refractivity contribution >= 4 is 25.9 Å². The molecular weight excluding hydrogens is 309 g/mol. The molecule has 0 bridgehead atoms. The predicted molar refractivity (Wildman–Crippen MR) is 68.9 cm³/mol. The lowest BCUT2D eigenvalue weighted by atomic mass is 10.3. The molecule has 0 aliphatic heterocycles. The number of anilines is 1. The number of hydrogen-bond donors (Lipinski definition) is 2. The molecule has 0 fully saturated rings. The van der Waals surface area contributed by atoms with Crippen molar-refractivity contribution in [2.75, 3.05) is 4.72 Å². The first kappa shape index (κ1) is 14.5. The number of nitrogens with one attached hydrogen (secondary N) is 2. The standard InChI is InChI=1S/C10H10FN3O4S2/c1-7-12-6-10(13-7)20(17,18)14-8-4-2-3-5-9(8)19(11,15)16/h2-6,14H,1H3,(H,12,13). The number of imidazole rings is 1. The quantitative estimate of drug-likeness (QED) is 0.822. The molecule has 108 valence electrons. The SMILES string of the molecule is Cc1ncc(S(=O)(=O)Nc2ccccc2S(=O)(=O)F)[nH]1. The van der Waals surface area contributed by atoms with Crippen molar-refractivity contribution in [1.82, 2.24) is 9.97 Å². The van der Waals surface area contributed by atoms with Gasteiger partial charge in [-0.15, -0.1) is 3.89 Å². The smallest absolute Gasteiger partial charge is 0.332 e. The van der Waals surface area contributed by atoms with Crippen LogP contribution >= 0.6 is 0 Å². The Labute approximate surface area is 115 Å². The Morgan fingerprint density at radius 2 is 1.85 bits per heavy atom. The number of hydrogen-bond acceptors (Lipinski definition) is 5. The second kappa shape index (κ2) is 4.87. The van der Waals surface area contributed by atoms with Gasteiger partial charge in [0, 0.05) is 0 Å². The molecule has 20 heavy (non-hydrogen) atoms. The molecule has 0 aliphatic rings. The monoisotopic (exact) mass is 319 g/mol. The molecule has 0 aliphatic carbocycles. The van der Waals surface area contributed by atoms with E-state index in [4.69, 9.17) is 0 Å². The summed E-state index contributed by atoms with van der Waals surface area (Å²) in [5.41, 5.74) is -0.373. The summed E-state index contributed by atoms with van der Waals surface area (Å²) in [5, 5.41) is -0.249. The van der Waals surface area contributed by atoms with Gasteiger partial charge in [-0.3, -0.25) is 4.72 Å². The zero-order chi connectivity index (χ0) is 15.0. The van der Waals surface area contributed by atoms with Gasteiger partial charge in [0.05, 0.1) is 11.9 Å². The van der Waals surface area contributed by atoms with Gasteiger partial charge in [-0.25, -0.2) is 4.98 Å². The highest BCUT2D eigenvalue weighted by Crippen LogP contribution is 2.24. The van der Waals surface area contributed by atoms with Crippen LogP contribution in [0.2, 0.25) is 0 Å². The largest absolute Gasteiger partial charge is 0.334 e. The maximum Gasteiger partial charge on any atom is 0.334 e. The van der Waals surface area contributed by atoms with Crippen LogP contribution in [0.5, 0.6) is 0 Å². The van der Waals surface area contributed by atoms with Crippen LogP contribution in [0, 0.1) is 6.92 Å². The summed E-state index contributed by atoms with van der Waals surface area (Å²) in [6, 6.07) is 4.77. The van der Waals surface area contributed by atoms with Crippen molar-refractivity contribution in [3.63, 3.8) is 0 Å². The van der Waals surface area contributed by atoms with Crippen LogP contribution < -0.4 is 4.72 Å². The lowest BCUT2D eigenvalue weighted by Crippen LogP contribution is -2.15. The minimum absolute atomic E-state index is 0.249. The third-order valence-electron chi connectivity index (χ3n) is 2.36. The van der Waals surface area contributed by atoms with Gasteiger partial charge < -0.3 is 4.98 Å². The normalized spacial score (nSPS) is 12.3. The molecule has 0 spiro atoms. The summed E-state index contributed by atoms with van der Waals surface area (Å²) in [6.45, 7) is 1.55. The number of aryl methyl sites for hydroxylation is 1. The maximum absolute atomic E-state index is 13.1. The Kier molecular flexibility index (Phi) is 3.52. The number of sulfonamides is 1. The summed E-state index contributed by atoms with van der Waals surface area (Å²) in [7, 11) is -9.11. The van der Waals surface area contributed by atoms with Crippen LogP contribution in [0.25, 0.3) is 0 Å². The van der Waals surface area contributed by atoms with Crippen molar-refractivity contribution in [1.29, 1.82) is 0 Å². The van der Waals surface area contributed by atoms with E-state index >= 15 is 0 Å². The molecule has 0 atom stereocenters. The summed E-state index contributed by atoms with van der Waals surface area (Å²) < 4.78 is 61.0. The third kappa shape index (κ3) is 2.96. The van der Waals surface area contributed by atoms with E-state index in [0.717, 1.165) is 18.3 Å². The van der Waals surface area contributed by atoms with E-state index in [0.29, 0.717) is 5.82 Å². The molecule has 2 N–H and O–H groups in total. The first-order valence-corrected chi connectivity index (χ1v) is 8.15. The first-order valence-electron chi connectivity index (χ1n) is 5.28. The zero-order valence-corrected chi connectivity index (χ0v) is 11.8. The van der Waals surface area contributed by atoms with E-state index in [-0.39, 0.29) is 10.7 Å². The van der Waals surface area contributed by atoms with E-state index in [1.165, 1.54) is 12.1 Å². The number of rotatable bonds is 4. The van der Waals surface area contributed by atoms with E-state index in [1.54, 1.807) is 6.92 Å². The summed E-state index contributed by atoms with van der Waals surface area (Å²) in [5.74, 6) is 0.372. The minimum atomic E-state index is -5.04. The van der Waals surface area contributed by atoms with Crippen LogP contribution in [-0.2, 0) is 20.2 Å². The summed E-state index contributed by atoms with van der Waals surface area (Å²) in [6.07, 6.45) is 1.07. The molecule has 1 aromatic heterocycles. The topological polar surface area (TPSA) is 109 Å². The Bertz CT molecular complexity index is 843. The van der Waals surface area contributed by atoms with Gasteiger partial charge in [-0.2, -0.15) is 16.8 Å². The van der Waals surface area contributed by atoms with Crippen molar-refractivity contribution in [2.24, 2.45) is 0 Å². The molecule has 7 nitrogen and oxygen atoms in total. The zero-order valence-electron chi connectivity index (χ0n) is 10.2. The minimum Gasteiger partial charge on any atom is -0.332 e. The van der Waals surface area contributed by atoms with Crippen LogP contribution in [-0.4, -0.2) is 26.8 Å². The highest BCUT2D eigenvalue weighted by atomic mass is 32.3. The van der Waals surface area contributed by atoms with Gasteiger partial charge >= 0.3 is 10.2 Å². The van der Waals surface area contributed by atoms with Crippen molar-refractivity contribution < 1.29 is 20.7 Å². The molecule has 0 radical (unpaired) electrons.